The molecule has 1 aromatic heterocycles. The Kier molecular flexibility index (Phi) is 4.36. The average Bonchev–Trinajstić information content (AvgIpc) is 2.25. The van der Waals surface area contributed by atoms with Crippen LogP contribution in [0.2, 0.25) is 0 Å². The zero-order chi connectivity index (χ0) is 12.1. The number of hydrogen-bond acceptors (Lipinski definition) is 5. The lowest BCUT2D eigenvalue weighted by molar-refractivity contribution is 0.00380. The largest absolute Gasteiger partial charge is 0.385 e. The molecule has 1 rings (SSSR count). The minimum Gasteiger partial charge on any atom is -0.385 e. The lowest BCUT2D eigenvalue weighted by atomic mass is 10.2. The highest BCUT2D eigenvalue weighted by Gasteiger charge is 2.17. The van der Waals surface area contributed by atoms with Crippen LogP contribution in [0.5, 0.6) is 0 Å². The quantitative estimate of drug-likeness (QED) is 0.694. The number of nitrogen functional groups attached to an aromatic ring is 1. The van der Waals surface area contributed by atoms with Gasteiger partial charge in [-0.25, -0.2) is 18.7 Å². The van der Waals surface area contributed by atoms with Crippen LogP contribution in [0.1, 0.15) is 12.5 Å². The molecular weight excluding hydrogens is 218 g/mol. The molecule has 0 saturated heterocycles. The fraction of sp³-hybridized carbons (Fsp3) is 0.556. The molecule has 0 radical (unpaired) electrons. The minimum atomic E-state index is -2.78. The van der Waals surface area contributed by atoms with E-state index in [4.69, 9.17) is 10.8 Å². The van der Waals surface area contributed by atoms with Crippen molar-refractivity contribution in [1.29, 1.82) is 0 Å². The molecule has 0 spiro atoms. The SMILES string of the molecule is CCc1c(N)ncnc1NCC(O)C(F)F. The van der Waals surface area contributed by atoms with E-state index in [2.05, 4.69) is 15.3 Å². The molecule has 1 aromatic rings. The highest BCUT2D eigenvalue weighted by Crippen LogP contribution is 2.17. The van der Waals surface area contributed by atoms with Crippen molar-refractivity contribution in [2.24, 2.45) is 0 Å². The Balaban J connectivity index is 2.70. The van der Waals surface area contributed by atoms with Crippen molar-refractivity contribution < 1.29 is 13.9 Å². The Morgan fingerprint density at radius 3 is 2.75 bits per heavy atom. The Hall–Kier alpha value is -1.50. The van der Waals surface area contributed by atoms with E-state index in [1.54, 1.807) is 0 Å². The smallest absolute Gasteiger partial charge is 0.265 e. The fourth-order valence-corrected chi connectivity index (χ4v) is 1.22. The standard InChI is InChI=1S/C9H14F2N4O/c1-2-5-8(12)14-4-15-9(5)13-3-6(16)7(10)11/h4,6-7,16H,2-3H2,1H3,(H3,12,13,14,15). The van der Waals surface area contributed by atoms with Crippen molar-refractivity contribution in [2.45, 2.75) is 25.9 Å². The second kappa shape index (κ2) is 5.55. The molecule has 1 unspecified atom stereocenters. The number of nitrogens with two attached hydrogens (primary N) is 1. The number of alkyl halides is 2. The summed E-state index contributed by atoms with van der Waals surface area (Å²) in [6.07, 6.45) is -2.68. The molecule has 4 N–H and O–H groups in total. The van der Waals surface area contributed by atoms with Crippen molar-refractivity contribution >= 4 is 11.6 Å². The summed E-state index contributed by atoms with van der Waals surface area (Å²) < 4.78 is 24.1. The maximum absolute atomic E-state index is 12.0. The highest BCUT2D eigenvalue weighted by molar-refractivity contribution is 5.54. The average molecular weight is 232 g/mol. The Morgan fingerprint density at radius 2 is 2.19 bits per heavy atom. The minimum absolute atomic E-state index is 0.277. The molecule has 0 amide bonds. The number of aromatic nitrogens is 2. The molecule has 0 saturated carbocycles. The second-order valence-corrected chi connectivity index (χ2v) is 3.22. The number of rotatable bonds is 5. The first-order chi connectivity index (χ1) is 7.56. The van der Waals surface area contributed by atoms with Crippen LogP contribution in [-0.4, -0.2) is 34.1 Å². The molecule has 7 heteroatoms. The number of hydrogen-bond donors (Lipinski definition) is 3. The third kappa shape index (κ3) is 2.99. The van der Waals surface area contributed by atoms with Gasteiger partial charge in [-0.2, -0.15) is 0 Å². The predicted octanol–water partition coefficient (Wildman–Crippen LogP) is 0.659. The van der Waals surface area contributed by atoms with E-state index in [1.807, 2.05) is 6.92 Å². The summed E-state index contributed by atoms with van der Waals surface area (Å²) in [6.45, 7) is 1.57. The molecule has 1 atom stereocenters. The predicted molar refractivity (Wildman–Crippen MR) is 56.3 cm³/mol. The van der Waals surface area contributed by atoms with Gasteiger partial charge in [0.15, 0.2) is 0 Å². The summed E-state index contributed by atoms with van der Waals surface area (Å²) in [4.78, 5) is 7.67. The van der Waals surface area contributed by atoms with E-state index < -0.39 is 12.5 Å². The van der Waals surface area contributed by atoms with Crippen LogP contribution in [0.25, 0.3) is 0 Å². The third-order valence-electron chi connectivity index (χ3n) is 2.10. The van der Waals surface area contributed by atoms with E-state index in [9.17, 15) is 8.78 Å². The topological polar surface area (TPSA) is 84.1 Å². The van der Waals surface area contributed by atoms with Crippen LogP contribution in [0.3, 0.4) is 0 Å². The Labute approximate surface area is 91.7 Å². The molecule has 0 aliphatic carbocycles. The van der Waals surface area contributed by atoms with E-state index in [-0.39, 0.29) is 6.54 Å². The van der Waals surface area contributed by atoms with Gasteiger partial charge in [-0.05, 0) is 6.42 Å². The number of nitrogens with one attached hydrogen (secondary N) is 1. The molecule has 0 aliphatic rings. The van der Waals surface area contributed by atoms with Crippen LogP contribution >= 0.6 is 0 Å². The van der Waals surface area contributed by atoms with E-state index >= 15 is 0 Å². The van der Waals surface area contributed by atoms with Gasteiger partial charge in [0.2, 0.25) is 0 Å². The second-order valence-electron chi connectivity index (χ2n) is 3.22. The van der Waals surface area contributed by atoms with Crippen molar-refractivity contribution in [1.82, 2.24) is 9.97 Å². The van der Waals surface area contributed by atoms with Crippen LogP contribution in [0.4, 0.5) is 20.4 Å². The first kappa shape index (κ1) is 12.6. The van der Waals surface area contributed by atoms with Crippen molar-refractivity contribution in [2.75, 3.05) is 17.6 Å². The molecule has 1 heterocycles. The number of nitrogens with zero attached hydrogens (tertiary/aromatic N) is 2. The summed E-state index contributed by atoms with van der Waals surface area (Å²) in [5, 5.41) is 11.6. The van der Waals surface area contributed by atoms with Gasteiger partial charge in [0.25, 0.3) is 6.43 Å². The lowest BCUT2D eigenvalue weighted by Gasteiger charge is -2.13. The number of anilines is 2. The molecule has 0 bridgehead atoms. The van der Waals surface area contributed by atoms with Gasteiger partial charge in [0.05, 0.1) is 0 Å². The van der Waals surface area contributed by atoms with E-state index in [0.29, 0.717) is 23.6 Å². The van der Waals surface area contributed by atoms with Gasteiger partial charge in [0.1, 0.15) is 24.1 Å². The van der Waals surface area contributed by atoms with Crippen LogP contribution < -0.4 is 11.1 Å². The summed E-state index contributed by atoms with van der Waals surface area (Å²) >= 11 is 0. The van der Waals surface area contributed by atoms with Gasteiger partial charge in [-0.15, -0.1) is 0 Å². The fourth-order valence-electron chi connectivity index (χ4n) is 1.22. The summed E-state index contributed by atoms with van der Waals surface area (Å²) in [7, 11) is 0. The first-order valence-corrected chi connectivity index (χ1v) is 4.85. The van der Waals surface area contributed by atoms with Gasteiger partial charge in [0, 0.05) is 12.1 Å². The maximum atomic E-state index is 12.0. The molecule has 90 valence electrons. The van der Waals surface area contributed by atoms with Crippen LogP contribution in [0.15, 0.2) is 6.33 Å². The molecule has 0 aliphatic heterocycles. The van der Waals surface area contributed by atoms with Crippen molar-refractivity contribution in [3.63, 3.8) is 0 Å². The van der Waals surface area contributed by atoms with Crippen molar-refractivity contribution in [3.05, 3.63) is 11.9 Å². The molecular formula is C9H14F2N4O. The third-order valence-corrected chi connectivity index (χ3v) is 2.10. The zero-order valence-electron chi connectivity index (χ0n) is 8.82. The summed E-state index contributed by atoms with van der Waals surface area (Å²) in [5.74, 6) is 0.696. The Morgan fingerprint density at radius 1 is 1.50 bits per heavy atom. The number of halogens is 2. The van der Waals surface area contributed by atoms with E-state index in [0.717, 1.165) is 0 Å². The summed E-state index contributed by atoms with van der Waals surface area (Å²) in [5.41, 5.74) is 6.25. The van der Waals surface area contributed by atoms with Gasteiger partial charge in [-0.1, -0.05) is 6.92 Å². The summed E-state index contributed by atoms with van der Waals surface area (Å²) in [6, 6.07) is 0. The maximum Gasteiger partial charge on any atom is 0.265 e. The van der Waals surface area contributed by atoms with Gasteiger partial charge < -0.3 is 16.2 Å². The van der Waals surface area contributed by atoms with Crippen molar-refractivity contribution in [3.8, 4) is 0 Å². The number of aliphatic hydroxyl groups excluding tert-OH is 1. The van der Waals surface area contributed by atoms with Gasteiger partial charge in [-0.3, -0.25) is 0 Å². The Bertz CT molecular complexity index is 348. The first-order valence-electron chi connectivity index (χ1n) is 4.85. The number of aliphatic hydroxyl groups is 1. The molecule has 0 aromatic carbocycles. The van der Waals surface area contributed by atoms with Crippen LogP contribution in [0, 0.1) is 0 Å². The lowest BCUT2D eigenvalue weighted by Crippen LogP contribution is -2.27. The monoisotopic (exact) mass is 232 g/mol. The highest BCUT2D eigenvalue weighted by atomic mass is 19.3. The molecule has 16 heavy (non-hydrogen) atoms. The van der Waals surface area contributed by atoms with Crippen LogP contribution in [-0.2, 0) is 6.42 Å². The zero-order valence-corrected chi connectivity index (χ0v) is 8.82. The van der Waals surface area contributed by atoms with E-state index in [1.165, 1.54) is 6.33 Å². The molecule has 0 fully saturated rings. The normalized spacial score (nSPS) is 12.8. The van der Waals surface area contributed by atoms with Gasteiger partial charge >= 0.3 is 0 Å². The molecule has 5 nitrogen and oxygen atoms in total.